The molecule has 116 valence electrons. The Balaban J connectivity index is 2.74. The highest BCUT2D eigenvalue weighted by atomic mass is 79.9. The zero-order valence-electron chi connectivity index (χ0n) is 11.9. The SMILES string of the molecule is CCCNCc1cc(S(=O)(=O)NCC(C)OC)c(Br)o1. The lowest BCUT2D eigenvalue weighted by Gasteiger charge is -2.10. The highest BCUT2D eigenvalue weighted by molar-refractivity contribution is 9.10. The van der Waals surface area contributed by atoms with Crippen LogP contribution in [0.3, 0.4) is 0 Å². The molecule has 0 spiro atoms. The van der Waals surface area contributed by atoms with Crippen LogP contribution in [0.5, 0.6) is 0 Å². The van der Waals surface area contributed by atoms with Crippen molar-refractivity contribution in [1.82, 2.24) is 10.0 Å². The fraction of sp³-hybridized carbons (Fsp3) is 0.667. The molecule has 1 aromatic rings. The summed E-state index contributed by atoms with van der Waals surface area (Å²) in [5.74, 6) is 0.575. The van der Waals surface area contributed by atoms with Gasteiger partial charge in [0.05, 0.1) is 12.6 Å². The Hall–Kier alpha value is -0.410. The molecule has 0 saturated carbocycles. The summed E-state index contributed by atoms with van der Waals surface area (Å²) < 4.78 is 37.4. The zero-order valence-corrected chi connectivity index (χ0v) is 14.3. The highest BCUT2D eigenvalue weighted by Gasteiger charge is 2.22. The van der Waals surface area contributed by atoms with Crippen LogP contribution < -0.4 is 10.0 Å². The minimum atomic E-state index is -3.60. The van der Waals surface area contributed by atoms with Gasteiger partial charge in [0.25, 0.3) is 0 Å². The van der Waals surface area contributed by atoms with Gasteiger partial charge in [0.15, 0.2) is 4.67 Å². The number of halogens is 1. The lowest BCUT2D eigenvalue weighted by atomic mass is 10.4. The molecule has 0 aliphatic heterocycles. The second-order valence-electron chi connectivity index (χ2n) is 4.43. The maximum Gasteiger partial charge on any atom is 0.245 e. The van der Waals surface area contributed by atoms with E-state index < -0.39 is 10.0 Å². The van der Waals surface area contributed by atoms with E-state index in [0.717, 1.165) is 13.0 Å². The summed E-state index contributed by atoms with van der Waals surface area (Å²) in [5.41, 5.74) is 0. The summed E-state index contributed by atoms with van der Waals surface area (Å²) in [6.07, 6.45) is 0.810. The Kier molecular flexibility index (Phi) is 7.18. The number of nitrogens with one attached hydrogen (secondary N) is 2. The average molecular weight is 369 g/mol. The van der Waals surface area contributed by atoms with Crippen LogP contribution in [0, 0.1) is 0 Å². The number of rotatable bonds is 9. The normalized spacial score (nSPS) is 13.6. The summed E-state index contributed by atoms with van der Waals surface area (Å²) in [5, 5.41) is 3.15. The van der Waals surface area contributed by atoms with Crippen LogP contribution >= 0.6 is 15.9 Å². The van der Waals surface area contributed by atoms with Crippen molar-refractivity contribution in [2.45, 2.75) is 37.8 Å². The van der Waals surface area contributed by atoms with E-state index in [-0.39, 0.29) is 22.2 Å². The second-order valence-corrected chi connectivity index (χ2v) is 6.88. The number of ether oxygens (including phenoxy) is 1. The molecule has 1 aromatic heterocycles. The summed E-state index contributed by atoms with van der Waals surface area (Å²) >= 11 is 3.14. The molecule has 0 aliphatic rings. The van der Waals surface area contributed by atoms with Gasteiger partial charge in [0.1, 0.15) is 10.7 Å². The van der Waals surface area contributed by atoms with E-state index in [0.29, 0.717) is 12.3 Å². The molecule has 0 saturated heterocycles. The fourth-order valence-electron chi connectivity index (χ4n) is 1.44. The fourth-order valence-corrected chi connectivity index (χ4v) is 3.56. The van der Waals surface area contributed by atoms with Gasteiger partial charge in [-0.05, 0) is 35.8 Å². The summed E-state index contributed by atoms with van der Waals surface area (Å²) in [6.45, 7) is 5.40. The number of hydrogen-bond donors (Lipinski definition) is 2. The Labute approximate surface area is 128 Å². The molecule has 1 atom stereocenters. The lowest BCUT2D eigenvalue weighted by molar-refractivity contribution is 0.122. The maximum absolute atomic E-state index is 12.1. The first kappa shape index (κ1) is 17.6. The van der Waals surface area contributed by atoms with Gasteiger partial charge in [-0.1, -0.05) is 6.92 Å². The summed E-state index contributed by atoms with van der Waals surface area (Å²) in [6, 6.07) is 1.52. The summed E-state index contributed by atoms with van der Waals surface area (Å²) in [4.78, 5) is 0.106. The van der Waals surface area contributed by atoms with E-state index in [1.807, 2.05) is 0 Å². The van der Waals surface area contributed by atoms with Crippen LogP contribution in [-0.4, -0.2) is 34.7 Å². The van der Waals surface area contributed by atoms with E-state index in [1.54, 1.807) is 6.92 Å². The lowest BCUT2D eigenvalue weighted by Crippen LogP contribution is -2.31. The number of sulfonamides is 1. The van der Waals surface area contributed by atoms with E-state index >= 15 is 0 Å². The van der Waals surface area contributed by atoms with Gasteiger partial charge in [-0.3, -0.25) is 0 Å². The van der Waals surface area contributed by atoms with Crippen molar-refractivity contribution in [3.8, 4) is 0 Å². The Morgan fingerprint density at radius 1 is 1.50 bits per heavy atom. The Morgan fingerprint density at radius 3 is 2.80 bits per heavy atom. The molecule has 0 amide bonds. The van der Waals surface area contributed by atoms with Crippen molar-refractivity contribution in [2.75, 3.05) is 20.2 Å². The molecule has 0 aromatic carbocycles. The second kappa shape index (κ2) is 8.14. The van der Waals surface area contributed by atoms with Gasteiger partial charge in [0, 0.05) is 19.7 Å². The standard InChI is InChI=1S/C12H21BrN2O4S/c1-4-5-14-8-10-6-11(12(13)19-10)20(16,17)15-7-9(2)18-3/h6,9,14-15H,4-5,7-8H2,1-3H3. The first-order chi connectivity index (χ1) is 9.40. The first-order valence-electron chi connectivity index (χ1n) is 6.42. The van der Waals surface area contributed by atoms with Gasteiger partial charge >= 0.3 is 0 Å². The van der Waals surface area contributed by atoms with Gasteiger partial charge in [-0.25, -0.2) is 13.1 Å². The predicted octanol–water partition coefficient (Wildman–Crippen LogP) is 1.85. The molecule has 20 heavy (non-hydrogen) atoms. The molecule has 0 aliphatic carbocycles. The van der Waals surface area contributed by atoms with Crippen LogP contribution in [-0.2, 0) is 21.3 Å². The third-order valence-corrected chi connectivity index (χ3v) is 4.97. The van der Waals surface area contributed by atoms with Gasteiger partial charge in [-0.2, -0.15) is 0 Å². The molecule has 0 bridgehead atoms. The molecule has 0 fully saturated rings. The molecule has 1 unspecified atom stereocenters. The highest BCUT2D eigenvalue weighted by Crippen LogP contribution is 2.26. The molecule has 8 heteroatoms. The average Bonchev–Trinajstić information content (AvgIpc) is 2.78. The quantitative estimate of drug-likeness (QED) is 0.650. The molecule has 6 nitrogen and oxygen atoms in total. The van der Waals surface area contributed by atoms with Crippen molar-refractivity contribution in [1.29, 1.82) is 0 Å². The van der Waals surface area contributed by atoms with Crippen molar-refractivity contribution < 1.29 is 17.6 Å². The third-order valence-electron chi connectivity index (χ3n) is 2.69. The van der Waals surface area contributed by atoms with E-state index in [2.05, 4.69) is 32.9 Å². The molecular formula is C12H21BrN2O4S. The van der Waals surface area contributed by atoms with Crippen LogP contribution in [0.4, 0.5) is 0 Å². The van der Waals surface area contributed by atoms with Gasteiger partial charge < -0.3 is 14.5 Å². The smallest absolute Gasteiger partial charge is 0.245 e. The number of hydrogen-bond acceptors (Lipinski definition) is 5. The van der Waals surface area contributed by atoms with Crippen LogP contribution in [0.25, 0.3) is 0 Å². The third kappa shape index (κ3) is 5.17. The molecule has 2 N–H and O–H groups in total. The minimum absolute atomic E-state index is 0.106. The molecule has 1 heterocycles. The van der Waals surface area contributed by atoms with Crippen molar-refractivity contribution in [3.05, 3.63) is 16.5 Å². The summed E-state index contributed by atoms with van der Waals surface area (Å²) in [7, 11) is -2.07. The Bertz CT molecular complexity index is 516. The van der Waals surface area contributed by atoms with Crippen LogP contribution in [0.15, 0.2) is 20.0 Å². The van der Waals surface area contributed by atoms with E-state index in [1.165, 1.54) is 13.2 Å². The van der Waals surface area contributed by atoms with Crippen molar-refractivity contribution in [2.24, 2.45) is 0 Å². The van der Waals surface area contributed by atoms with Crippen molar-refractivity contribution >= 4 is 26.0 Å². The van der Waals surface area contributed by atoms with Crippen LogP contribution in [0.1, 0.15) is 26.0 Å². The van der Waals surface area contributed by atoms with Crippen LogP contribution in [0.2, 0.25) is 0 Å². The van der Waals surface area contributed by atoms with Gasteiger partial charge in [0.2, 0.25) is 10.0 Å². The monoisotopic (exact) mass is 368 g/mol. The molecule has 1 rings (SSSR count). The maximum atomic E-state index is 12.1. The van der Waals surface area contributed by atoms with Gasteiger partial charge in [-0.15, -0.1) is 0 Å². The van der Waals surface area contributed by atoms with Crippen molar-refractivity contribution in [3.63, 3.8) is 0 Å². The first-order valence-corrected chi connectivity index (χ1v) is 8.69. The topological polar surface area (TPSA) is 80.6 Å². The predicted molar refractivity (Wildman–Crippen MR) is 80.1 cm³/mol. The van der Waals surface area contributed by atoms with E-state index in [4.69, 9.17) is 9.15 Å². The zero-order chi connectivity index (χ0) is 15.2. The molecular weight excluding hydrogens is 348 g/mol. The minimum Gasteiger partial charge on any atom is -0.452 e. The number of methoxy groups -OCH3 is 1. The number of furan rings is 1. The van der Waals surface area contributed by atoms with E-state index in [9.17, 15) is 8.42 Å². The molecule has 0 radical (unpaired) electrons. The largest absolute Gasteiger partial charge is 0.452 e. The Morgan fingerprint density at radius 2 is 2.20 bits per heavy atom.